The second-order valence-electron chi connectivity index (χ2n) is 7.73. The maximum absolute atomic E-state index is 12.4. The molecule has 6 nitrogen and oxygen atoms in total. The van der Waals surface area contributed by atoms with Gasteiger partial charge in [-0.05, 0) is 60.7 Å². The van der Waals surface area contributed by atoms with Crippen LogP contribution in [0.1, 0.15) is 49.4 Å². The number of benzene rings is 2. The fraction of sp³-hybridized carbons (Fsp3) is 0.409. The number of aryl methyl sites for hydroxylation is 1. The smallest absolute Gasteiger partial charge is 0.258 e. The lowest BCUT2D eigenvalue weighted by Crippen LogP contribution is -2.31. The summed E-state index contributed by atoms with van der Waals surface area (Å²) in [6.07, 6.45) is 0. The van der Waals surface area contributed by atoms with Gasteiger partial charge in [0.1, 0.15) is 5.75 Å². The van der Waals surface area contributed by atoms with E-state index in [4.69, 9.17) is 16.3 Å². The van der Waals surface area contributed by atoms with Crippen LogP contribution in [-0.2, 0) is 14.8 Å². The molecule has 0 saturated carbocycles. The zero-order valence-corrected chi connectivity index (χ0v) is 19.8. The number of hydrogen-bond donors (Lipinski definition) is 1. The van der Waals surface area contributed by atoms with Crippen LogP contribution in [0, 0.1) is 6.92 Å². The van der Waals surface area contributed by atoms with Crippen molar-refractivity contribution in [3.8, 4) is 5.75 Å². The molecule has 0 aliphatic heterocycles. The van der Waals surface area contributed by atoms with Crippen LogP contribution in [-0.4, -0.2) is 39.3 Å². The quantitative estimate of drug-likeness (QED) is 0.648. The van der Waals surface area contributed by atoms with Crippen LogP contribution in [0.5, 0.6) is 5.75 Å². The van der Waals surface area contributed by atoms with Gasteiger partial charge in [0.05, 0.1) is 10.9 Å². The molecule has 1 atom stereocenters. The summed E-state index contributed by atoms with van der Waals surface area (Å²) in [5, 5.41) is 3.54. The molecule has 0 aliphatic rings. The molecule has 8 heteroatoms. The van der Waals surface area contributed by atoms with Gasteiger partial charge in [-0.2, -0.15) is 0 Å². The summed E-state index contributed by atoms with van der Waals surface area (Å²) < 4.78 is 31.3. The Morgan fingerprint density at radius 3 is 2.27 bits per heavy atom. The molecule has 0 radical (unpaired) electrons. The fourth-order valence-electron chi connectivity index (χ4n) is 2.90. The minimum absolute atomic E-state index is 0.127. The second-order valence-corrected chi connectivity index (χ2v) is 10.3. The van der Waals surface area contributed by atoms with Gasteiger partial charge < -0.3 is 10.1 Å². The minimum Gasteiger partial charge on any atom is -0.483 e. The summed E-state index contributed by atoms with van der Waals surface area (Å²) in [5.74, 6) is 0.583. The van der Waals surface area contributed by atoms with Crippen LogP contribution in [0.15, 0.2) is 41.3 Å². The Kier molecular flexibility index (Phi) is 7.91. The van der Waals surface area contributed by atoms with Crippen LogP contribution in [0.2, 0.25) is 5.02 Å². The third-order valence-electron chi connectivity index (χ3n) is 4.81. The largest absolute Gasteiger partial charge is 0.483 e. The Labute approximate surface area is 184 Å². The molecule has 164 valence electrons. The van der Waals surface area contributed by atoms with Crippen molar-refractivity contribution in [1.82, 2.24) is 9.62 Å². The normalized spacial score (nSPS) is 12.8. The SMILES string of the molecule is Cc1cc(OCC(=O)NC(C)c2ccc(S(=O)(=O)N(C)C)cc2)c(C(C)C)cc1Cl. The van der Waals surface area contributed by atoms with Crippen molar-refractivity contribution in [3.05, 3.63) is 58.1 Å². The number of ether oxygens (including phenoxy) is 1. The van der Waals surface area contributed by atoms with E-state index >= 15 is 0 Å². The average Bonchev–Trinajstić information content (AvgIpc) is 2.68. The van der Waals surface area contributed by atoms with Gasteiger partial charge in [-0.1, -0.05) is 37.6 Å². The molecule has 0 spiro atoms. The van der Waals surface area contributed by atoms with E-state index < -0.39 is 10.0 Å². The molecule has 2 rings (SSSR count). The van der Waals surface area contributed by atoms with E-state index in [1.807, 2.05) is 39.8 Å². The predicted molar refractivity (Wildman–Crippen MR) is 120 cm³/mol. The fourth-order valence-corrected chi connectivity index (χ4v) is 3.97. The van der Waals surface area contributed by atoms with E-state index in [-0.39, 0.29) is 29.4 Å². The van der Waals surface area contributed by atoms with Gasteiger partial charge in [0.2, 0.25) is 10.0 Å². The summed E-state index contributed by atoms with van der Waals surface area (Å²) >= 11 is 6.21. The van der Waals surface area contributed by atoms with Crippen molar-refractivity contribution >= 4 is 27.5 Å². The lowest BCUT2D eigenvalue weighted by Gasteiger charge is -2.18. The lowest BCUT2D eigenvalue weighted by molar-refractivity contribution is -0.123. The maximum atomic E-state index is 12.4. The summed E-state index contributed by atoms with van der Waals surface area (Å²) in [4.78, 5) is 12.6. The highest BCUT2D eigenvalue weighted by Gasteiger charge is 2.18. The van der Waals surface area contributed by atoms with Gasteiger partial charge >= 0.3 is 0 Å². The van der Waals surface area contributed by atoms with Crippen molar-refractivity contribution in [2.75, 3.05) is 20.7 Å². The number of carbonyl (C=O) groups excluding carboxylic acids is 1. The molecule has 0 fully saturated rings. The van der Waals surface area contributed by atoms with Crippen LogP contribution in [0.4, 0.5) is 0 Å². The first-order valence-electron chi connectivity index (χ1n) is 9.68. The number of hydrogen-bond acceptors (Lipinski definition) is 4. The van der Waals surface area contributed by atoms with Crippen molar-refractivity contribution in [2.24, 2.45) is 0 Å². The molecule has 1 amide bonds. The number of rotatable bonds is 8. The third kappa shape index (κ3) is 5.74. The molecule has 1 N–H and O–H groups in total. The van der Waals surface area contributed by atoms with Gasteiger partial charge in [0.15, 0.2) is 6.61 Å². The van der Waals surface area contributed by atoms with E-state index in [2.05, 4.69) is 5.32 Å². The van der Waals surface area contributed by atoms with E-state index in [9.17, 15) is 13.2 Å². The van der Waals surface area contributed by atoms with E-state index in [0.717, 1.165) is 21.0 Å². The summed E-state index contributed by atoms with van der Waals surface area (Å²) in [6.45, 7) is 7.67. The van der Waals surface area contributed by atoms with Crippen molar-refractivity contribution in [3.63, 3.8) is 0 Å². The Morgan fingerprint density at radius 1 is 1.13 bits per heavy atom. The maximum Gasteiger partial charge on any atom is 0.258 e. The first kappa shape index (κ1) is 24.2. The van der Waals surface area contributed by atoms with E-state index in [1.165, 1.54) is 26.2 Å². The van der Waals surface area contributed by atoms with E-state index in [0.29, 0.717) is 10.8 Å². The van der Waals surface area contributed by atoms with Gasteiger partial charge in [-0.15, -0.1) is 0 Å². The summed E-state index contributed by atoms with van der Waals surface area (Å²) in [7, 11) is -0.513. The van der Waals surface area contributed by atoms with Crippen LogP contribution in [0.3, 0.4) is 0 Å². The molecule has 0 bridgehead atoms. The first-order chi connectivity index (χ1) is 13.9. The van der Waals surface area contributed by atoms with Gasteiger partial charge in [-0.25, -0.2) is 12.7 Å². The molecule has 0 aromatic heterocycles. The predicted octanol–water partition coefficient (Wildman–Crippen LogP) is 4.28. The highest BCUT2D eigenvalue weighted by atomic mass is 35.5. The zero-order valence-electron chi connectivity index (χ0n) is 18.2. The number of nitrogens with one attached hydrogen (secondary N) is 1. The van der Waals surface area contributed by atoms with Gasteiger partial charge in [0, 0.05) is 19.1 Å². The number of amides is 1. The van der Waals surface area contributed by atoms with Crippen molar-refractivity contribution in [2.45, 2.75) is 44.6 Å². The molecule has 2 aromatic rings. The number of halogens is 1. The standard InChI is InChI=1S/C22H29ClN2O4S/c1-14(2)19-12-20(23)15(3)11-21(19)29-13-22(26)24-16(4)17-7-9-18(10-8-17)30(27,28)25(5)6/h7-12,14,16H,13H2,1-6H3,(H,24,26). The highest BCUT2D eigenvalue weighted by molar-refractivity contribution is 7.89. The van der Waals surface area contributed by atoms with Crippen LogP contribution in [0.25, 0.3) is 0 Å². The van der Waals surface area contributed by atoms with Crippen LogP contribution < -0.4 is 10.1 Å². The monoisotopic (exact) mass is 452 g/mol. The second kappa shape index (κ2) is 9.81. The molecule has 30 heavy (non-hydrogen) atoms. The Bertz CT molecular complexity index is 1000. The Balaban J connectivity index is 2.03. The van der Waals surface area contributed by atoms with Crippen LogP contribution >= 0.6 is 11.6 Å². The number of carbonyl (C=O) groups is 1. The topological polar surface area (TPSA) is 75.7 Å². The minimum atomic E-state index is -3.48. The zero-order chi connectivity index (χ0) is 22.6. The number of sulfonamides is 1. The van der Waals surface area contributed by atoms with Crippen molar-refractivity contribution in [1.29, 1.82) is 0 Å². The summed E-state index contributed by atoms with van der Waals surface area (Å²) in [6, 6.07) is 9.89. The van der Waals surface area contributed by atoms with E-state index in [1.54, 1.807) is 12.1 Å². The molecule has 0 saturated heterocycles. The Hall–Kier alpha value is -2.09. The highest BCUT2D eigenvalue weighted by Crippen LogP contribution is 2.32. The molecule has 0 aliphatic carbocycles. The number of nitrogens with zero attached hydrogens (tertiary/aromatic N) is 1. The lowest BCUT2D eigenvalue weighted by atomic mass is 10.0. The molecular weight excluding hydrogens is 424 g/mol. The van der Waals surface area contributed by atoms with Crippen molar-refractivity contribution < 1.29 is 17.9 Å². The molecular formula is C22H29ClN2O4S. The van der Waals surface area contributed by atoms with Gasteiger partial charge in [-0.3, -0.25) is 4.79 Å². The molecule has 2 aromatic carbocycles. The Morgan fingerprint density at radius 2 is 1.73 bits per heavy atom. The van der Waals surface area contributed by atoms with Gasteiger partial charge in [0.25, 0.3) is 5.91 Å². The molecule has 1 unspecified atom stereocenters. The summed E-state index contributed by atoms with van der Waals surface area (Å²) in [5.41, 5.74) is 2.63. The first-order valence-corrected chi connectivity index (χ1v) is 11.5. The average molecular weight is 453 g/mol. The molecule has 0 heterocycles. The third-order valence-corrected chi connectivity index (χ3v) is 7.04.